The van der Waals surface area contributed by atoms with E-state index in [9.17, 15) is 9.59 Å². The minimum Gasteiger partial charge on any atom is -0.299 e. The molecule has 0 saturated carbocycles. The molecule has 1 aromatic rings. The zero-order chi connectivity index (χ0) is 17.1. The summed E-state index contributed by atoms with van der Waals surface area (Å²) in [4.78, 5) is 25.0. The van der Waals surface area contributed by atoms with Crippen LogP contribution in [0.15, 0.2) is 6.20 Å². The first-order valence-corrected chi connectivity index (χ1v) is 8.72. The first-order valence-electron chi connectivity index (χ1n) is 8.72. The number of rotatable bonds is 2. The van der Waals surface area contributed by atoms with E-state index >= 15 is 0 Å². The van der Waals surface area contributed by atoms with Crippen LogP contribution in [-0.2, 0) is 22.6 Å². The molecule has 0 spiro atoms. The van der Waals surface area contributed by atoms with Crippen LogP contribution in [0.2, 0.25) is 0 Å². The Morgan fingerprint density at radius 2 is 2.04 bits per heavy atom. The van der Waals surface area contributed by atoms with Crippen molar-refractivity contribution in [2.45, 2.75) is 79.2 Å². The maximum Gasteiger partial charge on any atom is 0.138 e. The van der Waals surface area contributed by atoms with Gasteiger partial charge in [-0.2, -0.15) is 0 Å². The van der Waals surface area contributed by atoms with E-state index in [1.165, 1.54) is 0 Å². The van der Waals surface area contributed by atoms with Crippen molar-refractivity contribution in [1.82, 2.24) is 15.0 Å². The number of nitrogens with zero attached hydrogens (tertiary/aromatic N) is 3. The van der Waals surface area contributed by atoms with Crippen molar-refractivity contribution >= 4 is 11.6 Å². The Kier molecular flexibility index (Phi) is 5.37. The quantitative estimate of drug-likeness (QED) is 0.838. The molecule has 0 saturated heterocycles. The van der Waals surface area contributed by atoms with Crippen LogP contribution in [0, 0.1) is 10.8 Å². The van der Waals surface area contributed by atoms with Crippen LogP contribution < -0.4 is 0 Å². The molecule has 0 amide bonds. The van der Waals surface area contributed by atoms with Gasteiger partial charge in [-0.05, 0) is 32.6 Å². The Morgan fingerprint density at radius 1 is 1.30 bits per heavy atom. The molecule has 0 N–H and O–H groups in total. The average molecular weight is 319 g/mol. The molecule has 0 bridgehead atoms. The molecule has 23 heavy (non-hydrogen) atoms. The number of carbonyl (C=O) groups excluding carboxylic acids is 2. The second-order valence-electron chi connectivity index (χ2n) is 7.54. The fourth-order valence-electron chi connectivity index (χ4n) is 3.37. The van der Waals surface area contributed by atoms with E-state index in [2.05, 4.69) is 24.2 Å². The van der Waals surface area contributed by atoms with E-state index in [0.717, 1.165) is 37.9 Å². The highest BCUT2D eigenvalue weighted by atomic mass is 16.1. The van der Waals surface area contributed by atoms with Gasteiger partial charge in [-0.15, -0.1) is 5.10 Å². The predicted molar refractivity (Wildman–Crippen MR) is 89.0 cm³/mol. The lowest BCUT2D eigenvalue weighted by Gasteiger charge is -2.31. The van der Waals surface area contributed by atoms with E-state index in [-0.39, 0.29) is 11.2 Å². The molecule has 2 atom stereocenters. The van der Waals surface area contributed by atoms with Crippen molar-refractivity contribution in [2.75, 3.05) is 0 Å². The minimum atomic E-state index is -0.525. The van der Waals surface area contributed by atoms with Gasteiger partial charge in [0.2, 0.25) is 0 Å². The fourth-order valence-corrected chi connectivity index (χ4v) is 3.37. The third-order valence-electron chi connectivity index (χ3n) is 5.82. The monoisotopic (exact) mass is 319 g/mol. The zero-order valence-electron chi connectivity index (χ0n) is 14.9. The predicted octanol–water partition coefficient (Wildman–Crippen LogP) is 3.37. The van der Waals surface area contributed by atoms with E-state index in [4.69, 9.17) is 0 Å². The molecule has 0 unspecified atom stereocenters. The van der Waals surface area contributed by atoms with Crippen LogP contribution in [0.4, 0.5) is 0 Å². The smallest absolute Gasteiger partial charge is 0.138 e. The van der Waals surface area contributed by atoms with Gasteiger partial charge in [-0.1, -0.05) is 32.4 Å². The SMILES string of the molecule is CC[C@@]1(C)CCCCn2nncc2C[C@@](C)(C(C)=O)CCC1=O. The van der Waals surface area contributed by atoms with Gasteiger partial charge in [-0.3, -0.25) is 9.59 Å². The summed E-state index contributed by atoms with van der Waals surface area (Å²) in [5.74, 6) is 0.438. The Morgan fingerprint density at radius 3 is 2.70 bits per heavy atom. The lowest BCUT2D eigenvalue weighted by Crippen LogP contribution is -2.34. The van der Waals surface area contributed by atoms with Crippen molar-refractivity contribution in [1.29, 1.82) is 0 Å². The van der Waals surface area contributed by atoms with Crippen LogP contribution in [0.3, 0.4) is 0 Å². The number of hydrogen-bond donors (Lipinski definition) is 0. The highest BCUT2D eigenvalue weighted by molar-refractivity contribution is 5.86. The van der Waals surface area contributed by atoms with Crippen molar-refractivity contribution < 1.29 is 9.59 Å². The van der Waals surface area contributed by atoms with Gasteiger partial charge in [0.25, 0.3) is 0 Å². The minimum absolute atomic E-state index is 0.133. The zero-order valence-corrected chi connectivity index (χ0v) is 14.9. The normalized spacial score (nSPS) is 30.2. The van der Waals surface area contributed by atoms with Crippen LogP contribution in [0.25, 0.3) is 0 Å². The summed E-state index contributed by atoms with van der Waals surface area (Å²) in [5, 5.41) is 8.18. The molecule has 5 nitrogen and oxygen atoms in total. The van der Waals surface area contributed by atoms with Gasteiger partial charge in [0.1, 0.15) is 11.6 Å². The lowest BCUT2D eigenvalue weighted by molar-refractivity contribution is -0.131. The second kappa shape index (κ2) is 6.93. The summed E-state index contributed by atoms with van der Waals surface area (Å²) in [5.41, 5.74) is 0.208. The molecule has 128 valence electrons. The maximum atomic E-state index is 12.7. The number of fused-ring (bicyclic) bond motifs is 1. The average Bonchev–Trinajstić information content (AvgIpc) is 2.94. The second-order valence-corrected chi connectivity index (χ2v) is 7.54. The fraction of sp³-hybridized carbons (Fsp3) is 0.778. The number of carbonyl (C=O) groups is 2. The standard InChI is InChI=1S/C18H29N3O2/c1-5-17(3)9-6-7-11-21-15(13-19-20-21)12-18(4,14(2)22)10-8-16(17)23/h13H,5-12H2,1-4H3/t17-,18-/m0/s1. The molecule has 5 heteroatoms. The van der Waals surface area contributed by atoms with Crippen LogP contribution in [0.5, 0.6) is 0 Å². The Labute approximate surface area is 138 Å². The third-order valence-corrected chi connectivity index (χ3v) is 5.82. The van der Waals surface area contributed by atoms with Gasteiger partial charge < -0.3 is 0 Å². The molecule has 0 radical (unpaired) electrons. The Balaban J connectivity index is 2.30. The number of ketones is 2. The molecule has 1 aliphatic rings. The number of aryl methyl sites for hydroxylation is 1. The van der Waals surface area contributed by atoms with Gasteiger partial charge in [0, 0.05) is 30.2 Å². The van der Waals surface area contributed by atoms with Crippen molar-refractivity contribution in [3.8, 4) is 0 Å². The molecule has 2 rings (SSSR count). The van der Waals surface area contributed by atoms with Gasteiger partial charge in [0.15, 0.2) is 0 Å². The van der Waals surface area contributed by atoms with Gasteiger partial charge >= 0.3 is 0 Å². The summed E-state index contributed by atoms with van der Waals surface area (Å²) in [6, 6.07) is 0. The first-order chi connectivity index (χ1) is 10.8. The molecule has 0 aromatic carbocycles. The molecular formula is C18H29N3O2. The summed E-state index contributed by atoms with van der Waals surface area (Å²) in [6.07, 6.45) is 7.19. The summed E-state index contributed by atoms with van der Waals surface area (Å²) < 4.78 is 1.92. The highest BCUT2D eigenvalue weighted by Gasteiger charge is 2.36. The molecule has 0 aliphatic carbocycles. The Hall–Kier alpha value is -1.52. The summed E-state index contributed by atoms with van der Waals surface area (Å²) >= 11 is 0. The molecular weight excluding hydrogens is 290 g/mol. The van der Waals surface area contributed by atoms with Crippen molar-refractivity contribution in [2.24, 2.45) is 10.8 Å². The van der Waals surface area contributed by atoms with Gasteiger partial charge in [0.05, 0.1) is 11.9 Å². The first kappa shape index (κ1) is 17.8. The van der Waals surface area contributed by atoms with Crippen LogP contribution >= 0.6 is 0 Å². The Bertz CT molecular complexity index is 581. The lowest BCUT2D eigenvalue weighted by atomic mass is 9.72. The van der Waals surface area contributed by atoms with E-state index in [1.54, 1.807) is 13.1 Å². The van der Waals surface area contributed by atoms with Crippen LogP contribution in [0.1, 0.15) is 71.9 Å². The molecule has 2 heterocycles. The third kappa shape index (κ3) is 3.88. The number of hydrogen-bond acceptors (Lipinski definition) is 4. The van der Waals surface area contributed by atoms with Gasteiger partial charge in [-0.25, -0.2) is 4.68 Å². The van der Waals surface area contributed by atoms with E-state index in [0.29, 0.717) is 25.0 Å². The maximum absolute atomic E-state index is 12.7. The van der Waals surface area contributed by atoms with E-state index < -0.39 is 5.41 Å². The van der Waals surface area contributed by atoms with Crippen molar-refractivity contribution in [3.63, 3.8) is 0 Å². The molecule has 0 fully saturated rings. The number of aromatic nitrogens is 3. The highest BCUT2D eigenvalue weighted by Crippen LogP contribution is 2.36. The molecule has 1 aromatic heterocycles. The topological polar surface area (TPSA) is 64.8 Å². The summed E-state index contributed by atoms with van der Waals surface area (Å²) in [6.45, 7) is 8.56. The largest absolute Gasteiger partial charge is 0.299 e. The van der Waals surface area contributed by atoms with Crippen LogP contribution in [-0.4, -0.2) is 26.6 Å². The van der Waals surface area contributed by atoms with E-state index in [1.807, 2.05) is 11.6 Å². The number of Topliss-reactive ketones (excluding diaryl/α,β-unsaturated/α-hetero) is 2. The molecule has 1 aliphatic heterocycles. The summed E-state index contributed by atoms with van der Waals surface area (Å²) in [7, 11) is 0. The van der Waals surface area contributed by atoms with Crippen molar-refractivity contribution in [3.05, 3.63) is 11.9 Å².